The Kier molecular flexibility index (Phi) is 8.83. The SMILES string of the molecule is COC(=O)CCCC(=O)N1CC[C@@H]2Oc3ccc(cc3)CNC(=O)COc3cc(ccc3C)C(=O)N[C@H]2C1. The van der Waals surface area contributed by atoms with Crippen LogP contribution in [0.15, 0.2) is 42.5 Å². The summed E-state index contributed by atoms with van der Waals surface area (Å²) in [5, 5.41) is 5.87. The van der Waals surface area contributed by atoms with Gasteiger partial charge in [-0.25, -0.2) is 0 Å². The van der Waals surface area contributed by atoms with Crippen molar-refractivity contribution in [1.82, 2.24) is 15.5 Å². The van der Waals surface area contributed by atoms with E-state index in [0.717, 1.165) is 11.1 Å². The van der Waals surface area contributed by atoms with E-state index in [4.69, 9.17) is 9.47 Å². The summed E-state index contributed by atoms with van der Waals surface area (Å²) in [6, 6.07) is 12.0. The number of rotatable bonds is 4. The fourth-order valence-electron chi connectivity index (χ4n) is 4.49. The molecule has 3 aliphatic heterocycles. The van der Waals surface area contributed by atoms with Crippen molar-refractivity contribution in [1.29, 1.82) is 0 Å². The molecule has 1 saturated heterocycles. The molecule has 0 unspecified atom stereocenters. The Morgan fingerprint density at radius 1 is 1.11 bits per heavy atom. The first-order chi connectivity index (χ1) is 18.3. The molecule has 0 aromatic heterocycles. The summed E-state index contributed by atoms with van der Waals surface area (Å²) in [6.07, 6.45) is 0.952. The summed E-state index contributed by atoms with van der Waals surface area (Å²) in [4.78, 5) is 51.5. The zero-order chi connectivity index (χ0) is 27.1. The Morgan fingerprint density at radius 3 is 2.66 bits per heavy atom. The van der Waals surface area contributed by atoms with Gasteiger partial charge in [0.25, 0.3) is 11.8 Å². The molecule has 0 radical (unpaired) electrons. The van der Waals surface area contributed by atoms with E-state index < -0.39 is 6.04 Å². The lowest BCUT2D eigenvalue weighted by Gasteiger charge is -2.39. The van der Waals surface area contributed by atoms with Crippen LogP contribution >= 0.6 is 0 Å². The van der Waals surface area contributed by atoms with E-state index in [0.29, 0.717) is 43.0 Å². The number of benzene rings is 2. The highest BCUT2D eigenvalue weighted by Crippen LogP contribution is 2.23. The molecule has 0 aliphatic carbocycles. The number of aryl methyl sites for hydroxylation is 1. The van der Waals surface area contributed by atoms with E-state index in [1.54, 1.807) is 23.1 Å². The summed E-state index contributed by atoms with van der Waals surface area (Å²) in [5.41, 5.74) is 2.08. The Hall–Kier alpha value is -4.08. The Morgan fingerprint density at radius 2 is 1.89 bits per heavy atom. The second-order valence-corrected chi connectivity index (χ2v) is 9.48. The van der Waals surface area contributed by atoms with Crippen LogP contribution < -0.4 is 20.1 Å². The van der Waals surface area contributed by atoms with Crippen molar-refractivity contribution in [3.8, 4) is 11.5 Å². The highest BCUT2D eigenvalue weighted by molar-refractivity contribution is 5.95. The van der Waals surface area contributed by atoms with Gasteiger partial charge in [-0.3, -0.25) is 19.2 Å². The molecule has 4 bridgehead atoms. The molecule has 0 spiro atoms. The maximum absolute atomic E-state index is 13.3. The number of ether oxygens (including phenoxy) is 3. The van der Waals surface area contributed by atoms with E-state index >= 15 is 0 Å². The normalized spacial score (nSPS) is 19.7. The van der Waals surface area contributed by atoms with Crippen molar-refractivity contribution in [2.24, 2.45) is 0 Å². The molecule has 38 heavy (non-hydrogen) atoms. The zero-order valence-electron chi connectivity index (χ0n) is 21.7. The summed E-state index contributed by atoms with van der Waals surface area (Å²) in [7, 11) is 1.32. The number of carbonyl (C=O) groups excluding carboxylic acids is 4. The lowest BCUT2D eigenvalue weighted by Crippen LogP contribution is -2.58. The minimum Gasteiger partial charge on any atom is -0.488 e. The highest BCUT2D eigenvalue weighted by Gasteiger charge is 2.34. The maximum Gasteiger partial charge on any atom is 0.305 e. The van der Waals surface area contributed by atoms with Crippen molar-refractivity contribution >= 4 is 23.7 Å². The fourth-order valence-corrected chi connectivity index (χ4v) is 4.49. The van der Waals surface area contributed by atoms with E-state index in [-0.39, 0.29) is 55.8 Å². The number of nitrogens with one attached hydrogen (secondary N) is 2. The zero-order valence-corrected chi connectivity index (χ0v) is 21.7. The number of nitrogens with zero attached hydrogens (tertiary/aromatic N) is 1. The number of piperidine rings is 1. The Balaban J connectivity index is 1.55. The first-order valence-electron chi connectivity index (χ1n) is 12.7. The van der Waals surface area contributed by atoms with Gasteiger partial charge in [0.2, 0.25) is 5.91 Å². The first kappa shape index (κ1) is 27.0. The van der Waals surface area contributed by atoms with Gasteiger partial charge in [0.1, 0.15) is 17.6 Å². The summed E-state index contributed by atoms with van der Waals surface area (Å²) in [6.45, 7) is 2.76. The molecule has 3 amide bonds. The van der Waals surface area contributed by atoms with Crippen LogP contribution in [0.5, 0.6) is 11.5 Å². The van der Waals surface area contributed by atoms with Crippen LogP contribution in [0.4, 0.5) is 0 Å². The number of hydrogen-bond donors (Lipinski definition) is 2. The molecule has 2 aromatic carbocycles. The van der Waals surface area contributed by atoms with Crippen LogP contribution in [-0.2, 0) is 25.7 Å². The Labute approximate surface area is 221 Å². The number of methoxy groups -OCH3 is 1. The molecular formula is C28H33N3O7. The number of carbonyl (C=O) groups is 4. The molecule has 2 N–H and O–H groups in total. The fraction of sp³-hybridized carbons (Fsp3) is 0.429. The largest absolute Gasteiger partial charge is 0.488 e. The number of fused-ring (bicyclic) bond motifs is 7. The molecular weight excluding hydrogens is 490 g/mol. The molecule has 10 heteroatoms. The molecule has 10 nitrogen and oxygen atoms in total. The van der Waals surface area contributed by atoms with E-state index in [1.807, 2.05) is 31.2 Å². The monoisotopic (exact) mass is 523 g/mol. The molecule has 0 saturated carbocycles. The van der Waals surface area contributed by atoms with Crippen LogP contribution in [0.2, 0.25) is 0 Å². The number of hydrogen-bond acceptors (Lipinski definition) is 7. The van der Waals surface area contributed by atoms with Gasteiger partial charge in [-0.2, -0.15) is 0 Å². The molecule has 1 fully saturated rings. The van der Waals surface area contributed by atoms with Gasteiger partial charge in [0.15, 0.2) is 6.61 Å². The maximum atomic E-state index is 13.3. The average Bonchev–Trinajstić information content (AvgIpc) is 2.92. The van der Waals surface area contributed by atoms with Crippen LogP contribution in [-0.4, -0.2) is 67.5 Å². The van der Waals surface area contributed by atoms with Crippen LogP contribution in [0.3, 0.4) is 0 Å². The first-order valence-corrected chi connectivity index (χ1v) is 12.7. The minimum absolute atomic E-state index is 0.0856. The smallest absolute Gasteiger partial charge is 0.305 e. The van der Waals surface area contributed by atoms with Gasteiger partial charge in [0.05, 0.1) is 13.2 Å². The number of esters is 1. The van der Waals surface area contributed by atoms with Crippen LogP contribution in [0.1, 0.15) is 47.2 Å². The minimum atomic E-state index is -0.468. The summed E-state index contributed by atoms with van der Waals surface area (Å²) in [5.74, 6) is 0.0340. The number of amides is 3. The van der Waals surface area contributed by atoms with Crippen molar-refractivity contribution in [3.05, 3.63) is 59.2 Å². The summed E-state index contributed by atoms with van der Waals surface area (Å²) < 4.78 is 16.6. The van der Waals surface area contributed by atoms with Crippen LogP contribution in [0, 0.1) is 6.92 Å². The van der Waals surface area contributed by atoms with Gasteiger partial charge in [0, 0.05) is 44.5 Å². The van der Waals surface area contributed by atoms with Gasteiger partial charge >= 0.3 is 5.97 Å². The second-order valence-electron chi connectivity index (χ2n) is 9.48. The third kappa shape index (κ3) is 7.02. The van der Waals surface area contributed by atoms with E-state index in [1.165, 1.54) is 7.11 Å². The van der Waals surface area contributed by atoms with Gasteiger partial charge in [-0.15, -0.1) is 0 Å². The van der Waals surface area contributed by atoms with Crippen molar-refractivity contribution in [2.45, 2.75) is 51.3 Å². The average molecular weight is 524 g/mol. The number of likely N-dealkylation sites (tertiary alicyclic amines) is 1. The molecule has 3 heterocycles. The quantitative estimate of drug-likeness (QED) is 0.589. The molecule has 202 valence electrons. The van der Waals surface area contributed by atoms with Crippen molar-refractivity contribution < 1.29 is 33.4 Å². The van der Waals surface area contributed by atoms with E-state index in [2.05, 4.69) is 15.4 Å². The highest BCUT2D eigenvalue weighted by atomic mass is 16.5. The van der Waals surface area contributed by atoms with Crippen molar-refractivity contribution in [2.75, 3.05) is 26.8 Å². The molecule has 2 aromatic rings. The summed E-state index contributed by atoms with van der Waals surface area (Å²) >= 11 is 0. The van der Waals surface area contributed by atoms with Crippen LogP contribution in [0.25, 0.3) is 0 Å². The van der Waals surface area contributed by atoms with E-state index in [9.17, 15) is 19.2 Å². The predicted octanol–water partition coefficient (Wildman–Crippen LogP) is 2.13. The molecule has 3 aliphatic rings. The lowest BCUT2D eigenvalue weighted by molar-refractivity contribution is -0.141. The molecule has 5 rings (SSSR count). The van der Waals surface area contributed by atoms with Crippen molar-refractivity contribution in [3.63, 3.8) is 0 Å². The Bertz CT molecular complexity index is 1180. The third-order valence-corrected chi connectivity index (χ3v) is 6.73. The van der Waals surface area contributed by atoms with Gasteiger partial charge in [-0.1, -0.05) is 18.2 Å². The lowest BCUT2D eigenvalue weighted by atomic mass is 10.00. The predicted molar refractivity (Wildman–Crippen MR) is 138 cm³/mol. The van der Waals surface area contributed by atoms with Gasteiger partial charge in [-0.05, 0) is 48.7 Å². The second kappa shape index (κ2) is 12.4. The molecule has 2 atom stereocenters. The standard InChI is InChI=1S/C28H33N3O7/c1-18-6-9-20-14-24(18)37-17-25(32)29-15-19-7-10-21(11-8-19)38-23-12-13-31(16-22(23)30-28(20)35)26(33)4-3-5-27(34)36-2/h6-11,14,22-23H,3-5,12-13,15-17H2,1-2H3,(H,29,32)(H,30,35)/t22-,23-/m0/s1. The topological polar surface area (TPSA) is 123 Å². The van der Waals surface area contributed by atoms with Gasteiger partial charge < -0.3 is 29.7 Å². The third-order valence-electron chi connectivity index (χ3n) is 6.73.